The Labute approximate surface area is 145 Å². The molecule has 0 unspecified atom stereocenters. The molecule has 0 saturated carbocycles. The number of fused-ring (bicyclic) bond motifs is 2. The zero-order valence-electron chi connectivity index (χ0n) is 14.0. The van der Waals surface area contributed by atoms with Crippen LogP contribution >= 0.6 is 0 Å². The number of nitrogens with two attached hydrogens (primary N) is 1. The van der Waals surface area contributed by atoms with Crippen LogP contribution in [0, 0.1) is 24.0 Å². The van der Waals surface area contributed by atoms with Crippen LogP contribution in [0.2, 0.25) is 0 Å². The number of nitro benzene ring substituents is 1. The van der Waals surface area contributed by atoms with Gasteiger partial charge in [-0.25, -0.2) is 9.59 Å². The first-order valence-corrected chi connectivity index (χ1v) is 7.60. The number of aromatic amines is 4. The third kappa shape index (κ3) is 3.20. The lowest BCUT2D eigenvalue weighted by molar-refractivity contribution is -0.385. The Morgan fingerprint density at radius 2 is 1.23 bits per heavy atom. The van der Waals surface area contributed by atoms with Crippen LogP contribution in [0.5, 0.6) is 0 Å². The Morgan fingerprint density at radius 3 is 1.73 bits per heavy atom. The summed E-state index contributed by atoms with van der Waals surface area (Å²) >= 11 is 0. The van der Waals surface area contributed by atoms with E-state index in [2.05, 4.69) is 19.9 Å². The van der Waals surface area contributed by atoms with E-state index in [0.717, 1.165) is 16.6 Å². The monoisotopic (exact) mass is 356 g/mol. The van der Waals surface area contributed by atoms with E-state index in [0.29, 0.717) is 22.3 Å². The van der Waals surface area contributed by atoms with E-state index in [1.807, 2.05) is 13.0 Å². The molecule has 0 atom stereocenters. The van der Waals surface area contributed by atoms with Gasteiger partial charge in [0.2, 0.25) is 0 Å². The van der Waals surface area contributed by atoms with E-state index >= 15 is 0 Å². The topological polar surface area (TPSA) is 166 Å². The molecule has 10 nitrogen and oxygen atoms in total. The molecule has 134 valence electrons. The minimum atomic E-state index is -0.472. The highest BCUT2D eigenvalue weighted by Crippen LogP contribution is 2.21. The lowest BCUT2D eigenvalue weighted by Gasteiger charge is -1.97. The standard InChI is InChI=1S/C8H7N3O3.C8H9N3O/c1-4-2-5-6(10-8(12)9-5)3-7(4)11(13)14;1-4-2-6-7(3-5(4)9)11-8(12)10-6/h2-3H,1H3,(H2,9,10,12);2-3H,9H2,1H3,(H2,10,11,12). The van der Waals surface area contributed by atoms with E-state index in [1.165, 1.54) is 6.07 Å². The van der Waals surface area contributed by atoms with Crippen molar-refractivity contribution in [2.75, 3.05) is 5.73 Å². The van der Waals surface area contributed by atoms with Crippen LogP contribution in [0.4, 0.5) is 11.4 Å². The zero-order chi connectivity index (χ0) is 19.0. The molecule has 0 bridgehead atoms. The van der Waals surface area contributed by atoms with Gasteiger partial charge in [0.15, 0.2) is 0 Å². The average molecular weight is 356 g/mol. The quantitative estimate of drug-likeness (QED) is 0.199. The number of rotatable bonds is 1. The summed E-state index contributed by atoms with van der Waals surface area (Å²) in [6.07, 6.45) is 0. The second kappa shape index (κ2) is 6.24. The van der Waals surface area contributed by atoms with Crippen molar-refractivity contribution in [2.45, 2.75) is 13.8 Å². The van der Waals surface area contributed by atoms with Crippen LogP contribution in [-0.2, 0) is 0 Å². The fourth-order valence-electron chi connectivity index (χ4n) is 2.58. The molecule has 0 saturated heterocycles. The number of hydrogen-bond acceptors (Lipinski definition) is 5. The van der Waals surface area contributed by atoms with Gasteiger partial charge in [0, 0.05) is 17.3 Å². The van der Waals surface area contributed by atoms with Crippen molar-refractivity contribution in [3.8, 4) is 0 Å². The second-order valence-corrected chi connectivity index (χ2v) is 5.85. The van der Waals surface area contributed by atoms with Gasteiger partial charge < -0.3 is 25.7 Å². The van der Waals surface area contributed by atoms with Crippen LogP contribution in [-0.4, -0.2) is 24.9 Å². The number of aromatic nitrogens is 4. The van der Waals surface area contributed by atoms with Crippen LogP contribution < -0.4 is 17.1 Å². The third-order valence-corrected chi connectivity index (χ3v) is 3.93. The molecule has 10 heteroatoms. The highest BCUT2D eigenvalue weighted by atomic mass is 16.6. The summed E-state index contributed by atoms with van der Waals surface area (Å²) in [4.78, 5) is 42.2. The number of benzene rings is 2. The smallest absolute Gasteiger partial charge is 0.323 e. The van der Waals surface area contributed by atoms with Crippen molar-refractivity contribution >= 4 is 33.4 Å². The first kappa shape index (κ1) is 17.0. The van der Waals surface area contributed by atoms with Gasteiger partial charge in [0.1, 0.15) is 0 Å². The molecular weight excluding hydrogens is 340 g/mol. The SMILES string of the molecule is Cc1cc2[nH]c(=O)[nH]c2cc1N.Cc1cc2[nH]c(=O)[nH]c2cc1[N+](=O)[O-]. The fraction of sp³-hybridized carbons (Fsp3) is 0.125. The minimum Gasteiger partial charge on any atom is -0.398 e. The average Bonchev–Trinajstić information content (AvgIpc) is 3.07. The molecule has 6 N–H and O–H groups in total. The van der Waals surface area contributed by atoms with Gasteiger partial charge in [0.25, 0.3) is 5.69 Å². The van der Waals surface area contributed by atoms with Crippen molar-refractivity contribution in [1.82, 2.24) is 19.9 Å². The van der Waals surface area contributed by atoms with Gasteiger partial charge in [0.05, 0.1) is 27.0 Å². The number of aryl methyl sites for hydroxylation is 2. The minimum absolute atomic E-state index is 0.00718. The number of hydrogen-bond donors (Lipinski definition) is 5. The van der Waals surface area contributed by atoms with Crippen molar-refractivity contribution in [1.29, 1.82) is 0 Å². The number of nitrogens with zero attached hydrogens (tertiary/aromatic N) is 1. The first-order valence-electron chi connectivity index (χ1n) is 7.60. The molecule has 2 heterocycles. The molecule has 4 rings (SSSR count). The normalized spacial score (nSPS) is 10.7. The van der Waals surface area contributed by atoms with Gasteiger partial charge in [-0.1, -0.05) is 0 Å². The number of imidazole rings is 2. The summed E-state index contributed by atoms with van der Waals surface area (Å²) in [7, 11) is 0. The Bertz CT molecular complexity index is 1200. The van der Waals surface area contributed by atoms with Crippen molar-refractivity contribution in [2.24, 2.45) is 0 Å². The Balaban J connectivity index is 0.000000152. The first-order chi connectivity index (χ1) is 12.2. The molecule has 0 aliphatic carbocycles. The summed E-state index contributed by atoms with van der Waals surface area (Å²) in [5, 5.41) is 10.6. The lowest BCUT2D eigenvalue weighted by atomic mass is 10.2. The summed E-state index contributed by atoms with van der Waals surface area (Å²) in [6.45, 7) is 3.53. The summed E-state index contributed by atoms with van der Waals surface area (Å²) in [5.41, 5.74) is 9.88. The molecule has 0 radical (unpaired) electrons. The van der Waals surface area contributed by atoms with E-state index in [1.54, 1.807) is 19.1 Å². The molecule has 0 amide bonds. The van der Waals surface area contributed by atoms with Crippen LogP contribution in [0.3, 0.4) is 0 Å². The van der Waals surface area contributed by atoms with Crippen LogP contribution in [0.25, 0.3) is 22.1 Å². The van der Waals surface area contributed by atoms with E-state index in [9.17, 15) is 19.7 Å². The van der Waals surface area contributed by atoms with Crippen molar-refractivity contribution in [3.05, 3.63) is 66.5 Å². The molecule has 0 aliphatic heterocycles. The summed E-state index contributed by atoms with van der Waals surface area (Å²) in [5.74, 6) is 0. The fourth-order valence-corrected chi connectivity index (χ4v) is 2.58. The predicted molar refractivity (Wildman–Crippen MR) is 98.4 cm³/mol. The maximum atomic E-state index is 10.9. The number of nitrogens with one attached hydrogen (secondary N) is 4. The maximum Gasteiger partial charge on any atom is 0.323 e. The highest BCUT2D eigenvalue weighted by Gasteiger charge is 2.12. The van der Waals surface area contributed by atoms with Gasteiger partial charge in [-0.05, 0) is 37.6 Å². The van der Waals surface area contributed by atoms with E-state index in [-0.39, 0.29) is 17.1 Å². The highest BCUT2D eigenvalue weighted by molar-refractivity contribution is 5.80. The molecule has 0 aliphatic rings. The Kier molecular flexibility index (Phi) is 4.08. The Hall–Kier alpha value is -3.82. The second-order valence-electron chi connectivity index (χ2n) is 5.85. The number of anilines is 1. The molecule has 0 fully saturated rings. The summed E-state index contributed by atoms with van der Waals surface area (Å²) < 4.78 is 0. The molecule has 2 aromatic carbocycles. The third-order valence-electron chi connectivity index (χ3n) is 3.93. The molecule has 0 spiro atoms. The van der Waals surface area contributed by atoms with Crippen molar-refractivity contribution < 1.29 is 4.92 Å². The molecule has 4 aromatic rings. The molecular formula is C16H16N6O4. The predicted octanol–water partition coefficient (Wildman–Crippen LogP) is 1.82. The van der Waals surface area contributed by atoms with E-state index in [4.69, 9.17) is 5.73 Å². The number of nitrogen functional groups attached to an aromatic ring is 1. The van der Waals surface area contributed by atoms with Crippen molar-refractivity contribution in [3.63, 3.8) is 0 Å². The van der Waals surface area contributed by atoms with Gasteiger partial charge >= 0.3 is 11.4 Å². The van der Waals surface area contributed by atoms with Gasteiger partial charge in [-0.2, -0.15) is 0 Å². The largest absolute Gasteiger partial charge is 0.398 e. The summed E-state index contributed by atoms with van der Waals surface area (Å²) in [6, 6.07) is 6.53. The van der Waals surface area contributed by atoms with Gasteiger partial charge in [-0.3, -0.25) is 10.1 Å². The van der Waals surface area contributed by atoms with Gasteiger partial charge in [-0.15, -0.1) is 0 Å². The Morgan fingerprint density at radius 1 is 0.808 bits per heavy atom. The molecule has 26 heavy (non-hydrogen) atoms. The van der Waals surface area contributed by atoms with Crippen LogP contribution in [0.15, 0.2) is 33.9 Å². The van der Waals surface area contributed by atoms with Crippen LogP contribution in [0.1, 0.15) is 11.1 Å². The van der Waals surface area contributed by atoms with E-state index < -0.39 is 4.92 Å². The molecule has 2 aromatic heterocycles. The zero-order valence-corrected chi connectivity index (χ0v) is 14.0. The number of H-pyrrole nitrogens is 4. The lowest BCUT2D eigenvalue weighted by Crippen LogP contribution is -1.99. The maximum absolute atomic E-state index is 10.9. The number of nitro groups is 1.